The van der Waals surface area contributed by atoms with E-state index < -0.39 is 0 Å². The average molecular weight is 420 g/mol. The zero-order valence-electron chi connectivity index (χ0n) is 17.3. The molecule has 3 aromatic rings. The van der Waals surface area contributed by atoms with E-state index in [2.05, 4.69) is 20.7 Å². The Balaban J connectivity index is 1.82. The molecule has 0 atom stereocenters. The van der Waals surface area contributed by atoms with Gasteiger partial charge in [-0.05, 0) is 38.0 Å². The fraction of sp³-hybridized carbons (Fsp3) is 0.227. The standard InChI is InChI=1S/C22H24N6O3/c1-11(29)16-9-25-21(28-22(30)12-3-4-12)20-15(16)8-18(27-20)14-6-5-13(7-19(14)31-2)17(23)10-26-24/h5-10,12,26-27H,3-4,23-24H2,1-2H3,(H,25,28,30)/b17-10-. The topological polar surface area (TPSA) is 148 Å². The number of hydrogen-bond donors (Lipinski definition) is 5. The van der Waals surface area contributed by atoms with Gasteiger partial charge in [-0.1, -0.05) is 6.07 Å². The first kappa shape index (κ1) is 20.4. The zero-order valence-corrected chi connectivity index (χ0v) is 17.3. The van der Waals surface area contributed by atoms with Crippen molar-refractivity contribution in [2.24, 2.45) is 17.5 Å². The number of Topliss-reactive ketones (excluding diaryl/α,β-unsaturated/α-hetero) is 1. The number of amides is 1. The van der Waals surface area contributed by atoms with Gasteiger partial charge in [0.25, 0.3) is 0 Å². The number of H-pyrrole nitrogens is 1. The highest BCUT2D eigenvalue weighted by atomic mass is 16.5. The minimum Gasteiger partial charge on any atom is -0.496 e. The van der Waals surface area contributed by atoms with Crippen molar-refractivity contribution >= 4 is 34.1 Å². The molecular weight excluding hydrogens is 396 g/mol. The number of ether oxygens (including phenoxy) is 1. The number of anilines is 1. The van der Waals surface area contributed by atoms with E-state index in [0.717, 1.165) is 29.7 Å². The highest BCUT2D eigenvalue weighted by Crippen LogP contribution is 2.36. The van der Waals surface area contributed by atoms with E-state index in [4.69, 9.17) is 16.3 Å². The second-order valence-electron chi connectivity index (χ2n) is 7.49. The van der Waals surface area contributed by atoms with E-state index in [1.807, 2.05) is 18.2 Å². The second-order valence-corrected chi connectivity index (χ2v) is 7.49. The molecule has 0 unspecified atom stereocenters. The Morgan fingerprint density at radius 1 is 1.29 bits per heavy atom. The highest BCUT2D eigenvalue weighted by Gasteiger charge is 2.30. The molecule has 0 radical (unpaired) electrons. The SMILES string of the molecule is COc1cc(/C(N)=C/NN)ccc1-c1cc2c(C(C)=O)cnc(NC(=O)C3CC3)c2[nH]1. The molecule has 1 saturated carbocycles. The van der Waals surface area contributed by atoms with Crippen molar-refractivity contribution in [2.75, 3.05) is 12.4 Å². The van der Waals surface area contributed by atoms with Crippen LogP contribution in [0.4, 0.5) is 5.82 Å². The predicted molar refractivity (Wildman–Crippen MR) is 119 cm³/mol. The summed E-state index contributed by atoms with van der Waals surface area (Å²) in [5, 5.41) is 3.56. The van der Waals surface area contributed by atoms with Gasteiger partial charge in [0.2, 0.25) is 5.91 Å². The van der Waals surface area contributed by atoms with E-state index >= 15 is 0 Å². The average Bonchev–Trinajstić information content (AvgIpc) is 3.52. The smallest absolute Gasteiger partial charge is 0.228 e. The maximum atomic E-state index is 12.3. The number of aromatic nitrogens is 2. The van der Waals surface area contributed by atoms with E-state index in [0.29, 0.717) is 33.7 Å². The molecule has 0 spiro atoms. The first-order valence-corrected chi connectivity index (χ1v) is 9.87. The number of hydrazine groups is 1. The van der Waals surface area contributed by atoms with Gasteiger partial charge in [-0.25, -0.2) is 4.98 Å². The molecule has 1 aliphatic rings. The summed E-state index contributed by atoms with van der Waals surface area (Å²) < 4.78 is 5.57. The molecule has 9 heteroatoms. The third-order valence-corrected chi connectivity index (χ3v) is 5.30. The van der Waals surface area contributed by atoms with Gasteiger partial charge in [-0.15, -0.1) is 0 Å². The maximum absolute atomic E-state index is 12.3. The van der Waals surface area contributed by atoms with E-state index in [1.54, 1.807) is 13.2 Å². The molecule has 1 aliphatic carbocycles. The Kier molecular flexibility index (Phi) is 5.35. The third-order valence-electron chi connectivity index (χ3n) is 5.30. The number of methoxy groups -OCH3 is 1. The van der Waals surface area contributed by atoms with Gasteiger partial charge < -0.3 is 26.2 Å². The van der Waals surface area contributed by atoms with E-state index in [-0.39, 0.29) is 17.6 Å². The predicted octanol–water partition coefficient (Wildman–Crippen LogP) is 2.51. The molecule has 0 aliphatic heterocycles. The highest BCUT2D eigenvalue weighted by molar-refractivity contribution is 6.11. The number of aromatic amines is 1. The Labute approximate surface area is 178 Å². The monoisotopic (exact) mass is 420 g/mol. The van der Waals surface area contributed by atoms with Gasteiger partial charge >= 0.3 is 0 Å². The van der Waals surface area contributed by atoms with Gasteiger partial charge in [0.05, 0.1) is 24.0 Å². The minimum atomic E-state index is -0.113. The molecule has 1 fully saturated rings. The van der Waals surface area contributed by atoms with Crippen molar-refractivity contribution in [1.29, 1.82) is 0 Å². The Morgan fingerprint density at radius 2 is 2.06 bits per heavy atom. The molecule has 1 amide bonds. The quantitative estimate of drug-likeness (QED) is 0.224. The second kappa shape index (κ2) is 8.11. The van der Waals surface area contributed by atoms with Crippen LogP contribution in [-0.4, -0.2) is 28.8 Å². The number of nitrogens with zero attached hydrogens (tertiary/aromatic N) is 1. The zero-order chi connectivity index (χ0) is 22.1. The van der Waals surface area contributed by atoms with Crippen molar-refractivity contribution in [2.45, 2.75) is 19.8 Å². The summed E-state index contributed by atoms with van der Waals surface area (Å²) in [6, 6.07) is 7.36. The number of nitrogens with two attached hydrogens (primary N) is 2. The summed E-state index contributed by atoms with van der Waals surface area (Å²) in [6.07, 6.45) is 4.75. The molecular formula is C22H24N6O3. The number of hydrogen-bond acceptors (Lipinski definition) is 7. The maximum Gasteiger partial charge on any atom is 0.228 e. The first-order valence-electron chi connectivity index (χ1n) is 9.87. The summed E-state index contributed by atoms with van der Waals surface area (Å²) >= 11 is 0. The normalized spacial score (nSPS) is 13.8. The number of carbonyl (C=O) groups is 2. The lowest BCUT2D eigenvalue weighted by Gasteiger charge is -2.10. The van der Waals surface area contributed by atoms with E-state index in [1.165, 1.54) is 19.3 Å². The first-order chi connectivity index (χ1) is 14.9. The van der Waals surface area contributed by atoms with Crippen LogP contribution < -0.4 is 27.1 Å². The molecule has 2 heterocycles. The van der Waals surface area contributed by atoms with Crippen molar-refractivity contribution in [3.63, 3.8) is 0 Å². The van der Waals surface area contributed by atoms with Gasteiger partial charge in [-0.2, -0.15) is 0 Å². The number of rotatable bonds is 7. The van der Waals surface area contributed by atoms with Crippen LogP contribution in [-0.2, 0) is 4.79 Å². The van der Waals surface area contributed by atoms with Crippen LogP contribution in [0.15, 0.2) is 36.7 Å². The lowest BCUT2D eigenvalue weighted by Crippen LogP contribution is -2.16. The molecule has 2 aromatic heterocycles. The number of benzene rings is 1. The van der Waals surface area contributed by atoms with Crippen LogP contribution in [0.2, 0.25) is 0 Å². The van der Waals surface area contributed by atoms with Gasteiger partial charge in [0.1, 0.15) is 5.75 Å². The lowest BCUT2D eigenvalue weighted by molar-refractivity contribution is -0.117. The summed E-state index contributed by atoms with van der Waals surface area (Å²) in [6.45, 7) is 1.49. The van der Waals surface area contributed by atoms with Crippen LogP contribution in [0.3, 0.4) is 0 Å². The van der Waals surface area contributed by atoms with Crippen molar-refractivity contribution in [3.05, 3.63) is 47.8 Å². The number of pyridine rings is 1. The van der Waals surface area contributed by atoms with Crippen LogP contribution >= 0.6 is 0 Å². The Hall–Kier alpha value is -3.85. The third kappa shape index (κ3) is 3.95. The molecule has 4 rings (SSSR count). The molecule has 31 heavy (non-hydrogen) atoms. The number of ketones is 1. The Bertz CT molecular complexity index is 1210. The fourth-order valence-corrected chi connectivity index (χ4v) is 3.47. The van der Waals surface area contributed by atoms with Gasteiger partial charge in [0.15, 0.2) is 11.6 Å². The van der Waals surface area contributed by atoms with Crippen molar-refractivity contribution < 1.29 is 14.3 Å². The van der Waals surface area contributed by atoms with E-state index in [9.17, 15) is 9.59 Å². The van der Waals surface area contributed by atoms with Crippen molar-refractivity contribution in [3.8, 4) is 17.0 Å². The molecule has 0 bridgehead atoms. The van der Waals surface area contributed by atoms with Crippen molar-refractivity contribution in [1.82, 2.24) is 15.4 Å². The van der Waals surface area contributed by atoms with Crippen LogP contribution in [0.5, 0.6) is 5.75 Å². The largest absolute Gasteiger partial charge is 0.496 e. The summed E-state index contributed by atoms with van der Waals surface area (Å²) in [7, 11) is 1.57. The summed E-state index contributed by atoms with van der Waals surface area (Å²) in [5.41, 5.74) is 12.1. The molecule has 160 valence electrons. The molecule has 0 saturated heterocycles. The number of nitrogens with one attached hydrogen (secondary N) is 3. The lowest BCUT2D eigenvalue weighted by atomic mass is 10.0. The van der Waals surface area contributed by atoms with Crippen LogP contribution in [0.1, 0.15) is 35.7 Å². The van der Waals surface area contributed by atoms with Crippen LogP contribution in [0.25, 0.3) is 27.9 Å². The minimum absolute atomic E-state index is 0.0351. The Morgan fingerprint density at radius 3 is 2.71 bits per heavy atom. The number of carbonyl (C=O) groups excluding carboxylic acids is 2. The summed E-state index contributed by atoms with van der Waals surface area (Å²) in [4.78, 5) is 32.1. The number of fused-ring (bicyclic) bond motifs is 1. The van der Waals surface area contributed by atoms with Gasteiger partial charge in [-0.3, -0.25) is 15.4 Å². The van der Waals surface area contributed by atoms with Gasteiger partial charge in [0, 0.05) is 40.4 Å². The van der Waals surface area contributed by atoms with Crippen LogP contribution in [0, 0.1) is 5.92 Å². The molecule has 1 aromatic carbocycles. The molecule has 7 N–H and O–H groups in total. The molecule has 9 nitrogen and oxygen atoms in total. The summed E-state index contributed by atoms with van der Waals surface area (Å²) in [5.74, 6) is 6.15. The fourth-order valence-electron chi connectivity index (χ4n) is 3.47.